The molecule has 0 aromatic heterocycles. The van der Waals surface area contributed by atoms with E-state index in [-0.39, 0.29) is 30.0 Å². The molecule has 1 aliphatic heterocycles. The van der Waals surface area contributed by atoms with Crippen molar-refractivity contribution in [1.82, 2.24) is 16.4 Å². The number of halogens is 1. The van der Waals surface area contributed by atoms with Crippen molar-refractivity contribution in [3.8, 4) is 0 Å². The van der Waals surface area contributed by atoms with Gasteiger partial charge in [0.2, 0.25) is 0 Å². The molecule has 0 bridgehead atoms. The lowest BCUT2D eigenvalue weighted by molar-refractivity contribution is 0.00472. The highest BCUT2D eigenvalue weighted by atomic mass is 35.5. The van der Waals surface area contributed by atoms with E-state index in [0.29, 0.717) is 22.8 Å². The largest absolute Gasteiger partial charge is 0.412 e. The zero-order chi connectivity index (χ0) is 25.0. The Bertz CT molecular complexity index is 688. The zero-order valence-corrected chi connectivity index (χ0v) is 26.8. The van der Waals surface area contributed by atoms with Gasteiger partial charge in [0.1, 0.15) is 0 Å². The minimum atomic E-state index is 0. The summed E-state index contributed by atoms with van der Waals surface area (Å²) in [5, 5.41) is 4.51. The Kier molecular flexibility index (Phi) is 20.1. The van der Waals surface area contributed by atoms with Crippen molar-refractivity contribution in [2.45, 2.75) is 131 Å². The monoisotopic (exact) mass is 592 g/mol. The summed E-state index contributed by atoms with van der Waals surface area (Å²) in [4.78, 5) is 2.80. The number of nitrogens with zero attached hydrogens (tertiary/aromatic N) is 1. The molecule has 3 aliphatic carbocycles. The zero-order valence-electron chi connectivity index (χ0n) is 26.0. The van der Waals surface area contributed by atoms with Crippen molar-refractivity contribution >= 4 is 11.6 Å². The van der Waals surface area contributed by atoms with Crippen molar-refractivity contribution < 1.29 is 16.4 Å². The van der Waals surface area contributed by atoms with Gasteiger partial charge in [0.25, 0.3) is 0 Å². The van der Waals surface area contributed by atoms with Gasteiger partial charge in [0.05, 0.1) is 0 Å². The highest BCUT2D eigenvalue weighted by Crippen LogP contribution is 2.45. The van der Waals surface area contributed by atoms with Crippen LogP contribution in [-0.4, -0.2) is 58.9 Å². The van der Waals surface area contributed by atoms with E-state index in [0.717, 1.165) is 29.6 Å². The van der Waals surface area contributed by atoms with E-state index >= 15 is 0 Å². The van der Waals surface area contributed by atoms with Crippen LogP contribution in [0, 0.1) is 40.9 Å². The number of alkyl halides is 1. The van der Waals surface area contributed by atoms with Crippen molar-refractivity contribution in [1.29, 1.82) is 0 Å². The van der Waals surface area contributed by atoms with Crippen molar-refractivity contribution in [3.05, 3.63) is 11.6 Å². The fraction of sp³-hybridized carbons (Fsp3) is 0.939. The third-order valence-electron chi connectivity index (χ3n) is 10.6. The minimum absolute atomic E-state index is 0. The van der Waals surface area contributed by atoms with Crippen molar-refractivity contribution in [2.75, 3.05) is 26.2 Å². The van der Waals surface area contributed by atoms with Gasteiger partial charge in [-0.25, -0.2) is 0 Å². The maximum atomic E-state index is 6.42. The average molecular weight is 592 g/mol. The Morgan fingerprint density at radius 2 is 1.57 bits per heavy atom. The molecule has 4 rings (SSSR count). The first-order chi connectivity index (χ1) is 16.7. The molecule has 6 nitrogen and oxygen atoms in total. The summed E-state index contributed by atoms with van der Waals surface area (Å²) in [6.07, 6.45) is 19.2. The van der Waals surface area contributed by atoms with E-state index in [9.17, 15) is 0 Å². The lowest BCUT2D eigenvalue weighted by Gasteiger charge is -2.49. The number of rotatable bonds is 8. The molecule has 0 aromatic carbocycles. The van der Waals surface area contributed by atoms with Crippen LogP contribution >= 0.6 is 11.6 Å². The third-order valence-corrected chi connectivity index (χ3v) is 11.0. The molecule has 0 aromatic rings. The number of piperidine rings is 1. The molecular weight excluding hydrogens is 522 g/mol. The number of hydrogen-bond acceptors (Lipinski definition) is 3. The fourth-order valence-corrected chi connectivity index (χ4v) is 8.51. The highest BCUT2D eigenvalue weighted by molar-refractivity contribution is 6.20. The molecule has 0 amide bonds. The van der Waals surface area contributed by atoms with E-state index in [2.05, 4.69) is 50.9 Å². The number of nitrogens with one attached hydrogen (secondary N) is 1. The molecule has 1 unspecified atom stereocenters. The smallest absolute Gasteiger partial charge is 0.0336 e. The molecule has 1 saturated heterocycles. The first-order valence-corrected chi connectivity index (χ1v) is 15.9. The second-order valence-corrected chi connectivity index (χ2v) is 14.9. The average Bonchev–Trinajstić information content (AvgIpc) is 2.82. The first-order valence-electron chi connectivity index (χ1n) is 15.5. The van der Waals surface area contributed by atoms with Gasteiger partial charge in [-0.1, -0.05) is 66.5 Å². The SMILES string of the molecule is C.CC1CCC(C2=CC(CN[C@@H](CN3CC[C@H](C4CCC(Cl)CC4)C(C)(C)C3)C(C)C)CCC2)CC1.N.O.O.O. The fourth-order valence-electron chi connectivity index (χ4n) is 8.26. The number of likely N-dealkylation sites (tertiary alicyclic amines) is 1. The van der Waals surface area contributed by atoms with Crippen LogP contribution in [0.2, 0.25) is 0 Å². The summed E-state index contributed by atoms with van der Waals surface area (Å²) in [5.74, 6) is 5.07. The molecule has 10 N–H and O–H groups in total. The molecule has 3 fully saturated rings. The summed E-state index contributed by atoms with van der Waals surface area (Å²) in [7, 11) is 0. The van der Waals surface area contributed by atoms with Crippen LogP contribution < -0.4 is 11.5 Å². The van der Waals surface area contributed by atoms with E-state index < -0.39 is 0 Å². The number of hydrogen-bond donors (Lipinski definition) is 2. The second kappa shape index (κ2) is 19.1. The topological polar surface area (TPSA) is 145 Å². The van der Waals surface area contributed by atoms with E-state index in [4.69, 9.17) is 11.6 Å². The molecule has 0 spiro atoms. The van der Waals surface area contributed by atoms with Crippen LogP contribution in [0.4, 0.5) is 0 Å². The Labute approximate surface area is 253 Å². The van der Waals surface area contributed by atoms with Crippen LogP contribution in [0.1, 0.15) is 119 Å². The van der Waals surface area contributed by atoms with Gasteiger partial charge in [0, 0.05) is 31.1 Å². The van der Waals surface area contributed by atoms with Crippen molar-refractivity contribution in [2.24, 2.45) is 40.9 Å². The summed E-state index contributed by atoms with van der Waals surface area (Å²) < 4.78 is 0. The molecule has 7 heteroatoms. The second-order valence-electron chi connectivity index (χ2n) is 14.2. The van der Waals surface area contributed by atoms with Crippen molar-refractivity contribution in [3.63, 3.8) is 0 Å². The first kappa shape index (κ1) is 41.9. The maximum absolute atomic E-state index is 6.42. The Hall–Kier alpha value is -0.210. The quantitative estimate of drug-likeness (QED) is 0.241. The molecule has 2 saturated carbocycles. The normalized spacial score (nSPS) is 33.0. The Morgan fingerprint density at radius 1 is 0.950 bits per heavy atom. The summed E-state index contributed by atoms with van der Waals surface area (Å²) in [5.41, 5.74) is 2.24. The predicted molar refractivity (Wildman–Crippen MR) is 176 cm³/mol. The minimum Gasteiger partial charge on any atom is -0.412 e. The highest BCUT2D eigenvalue weighted by Gasteiger charge is 2.41. The molecule has 242 valence electrons. The van der Waals surface area contributed by atoms with Gasteiger partial charge < -0.3 is 32.8 Å². The van der Waals surface area contributed by atoms with Gasteiger partial charge in [0.15, 0.2) is 0 Å². The lowest BCUT2D eigenvalue weighted by atomic mass is 9.64. The van der Waals surface area contributed by atoms with E-state index in [1.54, 1.807) is 0 Å². The van der Waals surface area contributed by atoms with Gasteiger partial charge in [-0.2, -0.15) is 0 Å². The van der Waals surface area contributed by atoms with Crippen LogP contribution in [-0.2, 0) is 0 Å². The summed E-state index contributed by atoms with van der Waals surface area (Å²) in [6.45, 7) is 17.3. The maximum Gasteiger partial charge on any atom is 0.0336 e. The predicted octanol–water partition coefficient (Wildman–Crippen LogP) is 6.62. The van der Waals surface area contributed by atoms with Gasteiger partial charge >= 0.3 is 0 Å². The van der Waals surface area contributed by atoms with Crippen LogP contribution in [0.15, 0.2) is 11.6 Å². The van der Waals surface area contributed by atoms with Crippen LogP contribution in [0.25, 0.3) is 0 Å². The van der Waals surface area contributed by atoms with Crippen LogP contribution in [0.3, 0.4) is 0 Å². The molecule has 1 heterocycles. The van der Waals surface area contributed by atoms with Gasteiger partial charge in [-0.15, -0.1) is 11.6 Å². The molecule has 40 heavy (non-hydrogen) atoms. The van der Waals surface area contributed by atoms with E-state index in [1.165, 1.54) is 103 Å². The number of allylic oxidation sites excluding steroid dienone is 1. The Morgan fingerprint density at radius 3 is 2.15 bits per heavy atom. The Balaban J connectivity index is 0. The lowest BCUT2D eigenvalue weighted by Crippen LogP contribution is -2.53. The molecular formula is C33H70ClN3O3. The van der Waals surface area contributed by atoms with Gasteiger partial charge in [-0.3, -0.25) is 0 Å². The summed E-state index contributed by atoms with van der Waals surface area (Å²) >= 11 is 6.42. The van der Waals surface area contributed by atoms with Gasteiger partial charge in [-0.05, 0) is 112 Å². The molecule has 4 aliphatic rings. The molecule has 3 atom stereocenters. The van der Waals surface area contributed by atoms with Crippen LogP contribution in [0.5, 0.6) is 0 Å². The molecule has 0 radical (unpaired) electrons. The third kappa shape index (κ3) is 11.5. The van der Waals surface area contributed by atoms with E-state index in [1.807, 2.05) is 5.57 Å². The summed E-state index contributed by atoms with van der Waals surface area (Å²) in [6, 6.07) is 0.600. The standard InChI is InChI=1S/C32H57ClN2.CH4.H3N.3H2O/c1-23(2)31(34-20-25-7-6-8-28(19-25)26-11-9-24(3)10-12-26)21-35-18-17-30(32(4,5)22-35)27-13-15-29(33)16-14-27;;;;;/h19,23-27,29-31,34H,6-18,20-22H2,1-5H3;1H4;1H3;3*1H2/t24?,25?,26?,27?,29?,30-,31+;;;;;/m1...../s1.